The van der Waals surface area contributed by atoms with Gasteiger partial charge in [-0.1, -0.05) is 38.4 Å². The summed E-state index contributed by atoms with van der Waals surface area (Å²) in [6.45, 7) is 10.3. The quantitative estimate of drug-likeness (QED) is 0.869. The van der Waals surface area contributed by atoms with Crippen molar-refractivity contribution in [3.63, 3.8) is 0 Å². The first-order valence-electron chi connectivity index (χ1n) is 8.10. The maximum absolute atomic E-state index is 6.23. The number of rotatable bonds is 3. The Kier molecular flexibility index (Phi) is 5.56. The number of nitrogens with one attached hydrogen (secondary N) is 1. The first-order valence-corrected chi connectivity index (χ1v) is 8.47. The molecule has 0 aromatic heterocycles. The molecule has 1 aliphatic heterocycles. The molecule has 1 heterocycles. The zero-order chi connectivity index (χ0) is 15.5. The van der Waals surface area contributed by atoms with Gasteiger partial charge in [-0.2, -0.15) is 0 Å². The zero-order valence-corrected chi connectivity index (χ0v) is 14.6. The third kappa shape index (κ3) is 4.37. The molecule has 1 N–H and O–H groups in total. The Balaban J connectivity index is 2.17. The van der Waals surface area contributed by atoms with Crippen LogP contribution >= 0.6 is 11.6 Å². The molecule has 21 heavy (non-hydrogen) atoms. The lowest BCUT2D eigenvalue weighted by molar-refractivity contribution is 0.220. The Morgan fingerprint density at radius 2 is 2.00 bits per heavy atom. The van der Waals surface area contributed by atoms with Gasteiger partial charge in [0, 0.05) is 30.3 Å². The summed E-state index contributed by atoms with van der Waals surface area (Å²) in [6.07, 6.45) is 3.88. The van der Waals surface area contributed by atoms with Crippen LogP contribution in [0.3, 0.4) is 0 Å². The molecular weight excluding hydrogens is 280 g/mol. The van der Waals surface area contributed by atoms with Crippen molar-refractivity contribution in [3.8, 4) is 0 Å². The highest BCUT2D eigenvalue weighted by atomic mass is 35.5. The average Bonchev–Trinajstić information content (AvgIpc) is 2.66. The highest BCUT2D eigenvalue weighted by molar-refractivity contribution is 6.30. The smallest absolute Gasteiger partial charge is 0.0426 e. The van der Waals surface area contributed by atoms with Gasteiger partial charge in [0.05, 0.1) is 0 Å². The number of nitrogens with zero attached hydrogens (tertiary/aromatic N) is 1. The van der Waals surface area contributed by atoms with E-state index >= 15 is 0 Å². The van der Waals surface area contributed by atoms with Crippen molar-refractivity contribution in [1.29, 1.82) is 0 Å². The second-order valence-corrected chi connectivity index (χ2v) is 7.72. The van der Waals surface area contributed by atoms with Crippen LogP contribution in [-0.2, 0) is 6.54 Å². The minimum Gasteiger partial charge on any atom is -0.371 e. The van der Waals surface area contributed by atoms with E-state index in [2.05, 4.69) is 43.1 Å². The van der Waals surface area contributed by atoms with E-state index in [0.717, 1.165) is 30.6 Å². The van der Waals surface area contributed by atoms with Crippen molar-refractivity contribution in [3.05, 3.63) is 28.8 Å². The fourth-order valence-corrected chi connectivity index (χ4v) is 3.54. The second-order valence-electron chi connectivity index (χ2n) is 7.28. The van der Waals surface area contributed by atoms with Crippen LogP contribution < -0.4 is 10.2 Å². The van der Waals surface area contributed by atoms with Crippen LogP contribution in [-0.4, -0.2) is 20.1 Å². The Labute approximate surface area is 134 Å². The van der Waals surface area contributed by atoms with Gasteiger partial charge in [-0.25, -0.2) is 0 Å². The van der Waals surface area contributed by atoms with E-state index in [1.54, 1.807) is 0 Å². The number of hydrogen-bond acceptors (Lipinski definition) is 2. The van der Waals surface area contributed by atoms with E-state index in [9.17, 15) is 0 Å². The largest absolute Gasteiger partial charge is 0.371 e. The van der Waals surface area contributed by atoms with Gasteiger partial charge in [0.15, 0.2) is 0 Å². The summed E-state index contributed by atoms with van der Waals surface area (Å²) >= 11 is 6.23. The molecule has 2 nitrogen and oxygen atoms in total. The number of anilines is 1. The molecule has 1 saturated heterocycles. The number of hydrogen-bond donors (Lipinski definition) is 1. The summed E-state index contributed by atoms with van der Waals surface area (Å²) in [5.41, 5.74) is 3.07. The molecule has 1 atom stereocenters. The Hall–Kier alpha value is -0.730. The predicted molar refractivity (Wildman–Crippen MR) is 93.2 cm³/mol. The van der Waals surface area contributed by atoms with Crippen LogP contribution in [0.2, 0.25) is 5.02 Å². The summed E-state index contributed by atoms with van der Waals surface area (Å²) in [4.78, 5) is 2.53. The molecule has 0 amide bonds. The average molecular weight is 309 g/mol. The van der Waals surface area contributed by atoms with Crippen LogP contribution in [0.1, 0.15) is 45.6 Å². The lowest BCUT2D eigenvalue weighted by Crippen LogP contribution is -2.27. The molecule has 1 aliphatic rings. The molecule has 0 spiro atoms. The molecule has 0 bridgehead atoms. The normalized spacial score (nSPS) is 20.4. The Morgan fingerprint density at radius 3 is 2.67 bits per heavy atom. The van der Waals surface area contributed by atoms with Gasteiger partial charge in [-0.05, 0) is 55.3 Å². The van der Waals surface area contributed by atoms with Crippen LogP contribution in [0.4, 0.5) is 5.69 Å². The Morgan fingerprint density at radius 1 is 1.24 bits per heavy atom. The fourth-order valence-electron chi connectivity index (χ4n) is 3.37. The minimum atomic E-state index is 0.415. The van der Waals surface area contributed by atoms with Gasteiger partial charge in [0.1, 0.15) is 0 Å². The molecule has 1 aromatic carbocycles. The Bertz CT molecular complexity index is 465. The number of halogens is 1. The standard InChI is InChI=1S/C18H29ClN2/c1-18(2,3)15-6-5-10-21(11-9-15)17-12-16(19)8-7-14(17)13-20-4/h7-8,12,15,20H,5-6,9-11,13H2,1-4H3. The topological polar surface area (TPSA) is 15.3 Å². The molecule has 1 unspecified atom stereocenters. The van der Waals surface area contributed by atoms with Crippen LogP contribution in [0.15, 0.2) is 18.2 Å². The first-order chi connectivity index (χ1) is 9.91. The monoisotopic (exact) mass is 308 g/mol. The molecule has 0 radical (unpaired) electrons. The summed E-state index contributed by atoms with van der Waals surface area (Å²) < 4.78 is 0. The van der Waals surface area contributed by atoms with E-state index in [4.69, 9.17) is 11.6 Å². The van der Waals surface area contributed by atoms with Gasteiger partial charge in [0.25, 0.3) is 0 Å². The first kappa shape index (κ1) is 16.6. The van der Waals surface area contributed by atoms with Crippen molar-refractivity contribution in [1.82, 2.24) is 5.32 Å². The van der Waals surface area contributed by atoms with E-state index in [1.807, 2.05) is 13.1 Å². The lowest BCUT2D eigenvalue weighted by atomic mass is 9.77. The second kappa shape index (κ2) is 7.02. The predicted octanol–water partition coefficient (Wildman–Crippen LogP) is 4.71. The van der Waals surface area contributed by atoms with Crippen LogP contribution in [0, 0.1) is 11.3 Å². The van der Waals surface area contributed by atoms with Gasteiger partial charge in [-0.3, -0.25) is 0 Å². The zero-order valence-electron chi connectivity index (χ0n) is 13.9. The summed E-state index contributed by atoms with van der Waals surface area (Å²) in [7, 11) is 2.00. The molecule has 3 heteroatoms. The van der Waals surface area contributed by atoms with E-state index in [-0.39, 0.29) is 0 Å². The maximum atomic E-state index is 6.23. The van der Waals surface area contributed by atoms with Gasteiger partial charge < -0.3 is 10.2 Å². The molecule has 1 fully saturated rings. The maximum Gasteiger partial charge on any atom is 0.0426 e. The molecule has 2 rings (SSSR count). The third-order valence-corrected chi connectivity index (χ3v) is 4.94. The summed E-state index contributed by atoms with van der Waals surface area (Å²) in [5.74, 6) is 0.814. The van der Waals surface area contributed by atoms with E-state index in [1.165, 1.54) is 30.5 Å². The summed E-state index contributed by atoms with van der Waals surface area (Å²) in [6, 6.07) is 6.28. The van der Waals surface area contributed by atoms with Gasteiger partial charge in [-0.15, -0.1) is 0 Å². The van der Waals surface area contributed by atoms with Crippen LogP contribution in [0.5, 0.6) is 0 Å². The van der Waals surface area contributed by atoms with Crippen molar-refractivity contribution < 1.29 is 0 Å². The van der Waals surface area contributed by atoms with E-state index < -0.39 is 0 Å². The molecule has 0 saturated carbocycles. The highest BCUT2D eigenvalue weighted by Gasteiger charge is 2.27. The van der Waals surface area contributed by atoms with Crippen LogP contribution in [0.25, 0.3) is 0 Å². The van der Waals surface area contributed by atoms with E-state index in [0.29, 0.717) is 5.41 Å². The molecular formula is C18H29ClN2. The summed E-state index contributed by atoms with van der Waals surface area (Å²) in [5, 5.41) is 4.10. The fraction of sp³-hybridized carbons (Fsp3) is 0.667. The number of benzene rings is 1. The van der Waals surface area contributed by atoms with Crippen molar-refractivity contribution in [2.24, 2.45) is 11.3 Å². The lowest BCUT2D eigenvalue weighted by Gasteiger charge is -2.30. The van der Waals surface area contributed by atoms with Gasteiger partial charge in [0.2, 0.25) is 0 Å². The third-order valence-electron chi connectivity index (χ3n) is 4.71. The molecule has 118 valence electrons. The minimum absolute atomic E-state index is 0.415. The van der Waals surface area contributed by atoms with Crippen molar-refractivity contribution in [2.75, 3.05) is 25.0 Å². The molecule has 0 aliphatic carbocycles. The van der Waals surface area contributed by atoms with Crippen molar-refractivity contribution in [2.45, 2.75) is 46.6 Å². The highest BCUT2D eigenvalue weighted by Crippen LogP contribution is 2.36. The van der Waals surface area contributed by atoms with Crippen molar-refractivity contribution >= 4 is 17.3 Å². The van der Waals surface area contributed by atoms with Gasteiger partial charge >= 0.3 is 0 Å². The molecule has 1 aromatic rings. The SMILES string of the molecule is CNCc1ccc(Cl)cc1N1CCCC(C(C)(C)C)CC1.